The minimum absolute atomic E-state index is 0.0715. The van der Waals surface area contributed by atoms with Gasteiger partial charge in [-0.2, -0.15) is 18.3 Å². The SMILES string of the molecule is Cc1c(C(=O)Nc2cccc(C(F)(F)F)c2)cccc1-c1cc(N2CCOCC2)c2nccn2n1. The van der Waals surface area contributed by atoms with Gasteiger partial charge in [-0.1, -0.05) is 18.2 Å². The summed E-state index contributed by atoms with van der Waals surface area (Å²) in [7, 11) is 0. The van der Waals surface area contributed by atoms with Crippen LogP contribution in [0.1, 0.15) is 21.5 Å². The largest absolute Gasteiger partial charge is 0.416 e. The quantitative estimate of drug-likeness (QED) is 0.453. The van der Waals surface area contributed by atoms with Gasteiger partial charge in [0.2, 0.25) is 0 Å². The van der Waals surface area contributed by atoms with E-state index >= 15 is 0 Å². The molecule has 0 bridgehead atoms. The van der Waals surface area contributed by atoms with Crippen molar-refractivity contribution in [2.24, 2.45) is 0 Å². The standard InChI is InChI=1S/C25H22F3N5O2/c1-16-19(21-15-22(32-10-12-35-13-11-32)23-29-8-9-33(23)31-21)6-3-7-20(16)24(34)30-18-5-2-4-17(14-18)25(26,27)28/h2-9,14-15H,10-13H2,1H3,(H,30,34). The van der Waals surface area contributed by atoms with Crippen molar-refractivity contribution in [3.05, 3.63) is 77.6 Å². The first-order valence-corrected chi connectivity index (χ1v) is 11.1. The Morgan fingerprint density at radius 3 is 2.63 bits per heavy atom. The van der Waals surface area contributed by atoms with E-state index in [2.05, 4.69) is 20.3 Å². The van der Waals surface area contributed by atoms with Crippen LogP contribution in [0.25, 0.3) is 16.9 Å². The van der Waals surface area contributed by atoms with Gasteiger partial charge in [-0.25, -0.2) is 9.50 Å². The van der Waals surface area contributed by atoms with Gasteiger partial charge in [0, 0.05) is 42.3 Å². The predicted octanol–water partition coefficient (Wildman–Crippen LogP) is 4.81. The first-order chi connectivity index (χ1) is 16.8. The van der Waals surface area contributed by atoms with Crippen LogP contribution >= 0.6 is 0 Å². The van der Waals surface area contributed by atoms with Gasteiger partial charge >= 0.3 is 6.18 Å². The summed E-state index contributed by atoms with van der Waals surface area (Å²) in [6.07, 6.45) is -1.05. The number of carbonyl (C=O) groups excluding carboxylic acids is 1. The van der Waals surface area contributed by atoms with E-state index in [1.165, 1.54) is 12.1 Å². The Labute approximate surface area is 199 Å². The Balaban J connectivity index is 1.49. The number of morpholine rings is 1. The second-order valence-electron chi connectivity index (χ2n) is 8.22. The zero-order valence-corrected chi connectivity index (χ0v) is 18.8. The number of nitrogens with zero attached hydrogens (tertiary/aromatic N) is 4. The zero-order chi connectivity index (χ0) is 24.6. The number of hydrogen-bond acceptors (Lipinski definition) is 5. The number of aromatic nitrogens is 3. The summed E-state index contributed by atoms with van der Waals surface area (Å²) in [4.78, 5) is 19.6. The monoisotopic (exact) mass is 481 g/mol. The molecule has 0 unspecified atom stereocenters. The lowest BCUT2D eigenvalue weighted by molar-refractivity contribution is -0.137. The van der Waals surface area contributed by atoms with E-state index in [4.69, 9.17) is 4.74 Å². The maximum absolute atomic E-state index is 13.1. The molecule has 3 heterocycles. The smallest absolute Gasteiger partial charge is 0.378 e. The van der Waals surface area contributed by atoms with Gasteiger partial charge in [0.15, 0.2) is 5.65 Å². The van der Waals surface area contributed by atoms with Crippen LogP contribution in [0.4, 0.5) is 24.5 Å². The molecular weight excluding hydrogens is 459 g/mol. The van der Waals surface area contributed by atoms with Gasteiger partial charge in [0.05, 0.1) is 30.2 Å². The highest BCUT2D eigenvalue weighted by Gasteiger charge is 2.30. The molecule has 4 aromatic rings. The molecule has 1 amide bonds. The number of halogens is 3. The number of carbonyl (C=O) groups is 1. The number of imidazole rings is 1. The van der Waals surface area contributed by atoms with Gasteiger partial charge in [0.25, 0.3) is 5.91 Å². The predicted molar refractivity (Wildman–Crippen MR) is 126 cm³/mol. The molecule has 1 fully saturated rings. The molecule has 35 heavy (non-hydrogen) atoms. The third-order valence-electron chi connectivity index (χ3n) is 5.99. The number of anilines is 2. The normalized spacial score (nSPS) is 14.3. The molecule has 180 valence electrons. The number of benzene rings is 2. The van der Waals surface area contributed by atoms with Crippen LogP contribution in [-0.2, 0) is 10.9 Å². The van der Waals surface area contributed by atoms with Gasteiger partial charge in [-0.3, -0.25) is 4.79 Å². The minimum atomic E-state index is -4.49. The maximum Gasteiger partial charge on any atom is 0.416 e. The third-order valence-corrected chi connectivity index (χ3v) is 5.99. The highest BCUT2D eigenvalue weighted by Crippen LogP contribution is 2.32. The van der Waals surface area contributed by atoms with Crippen molar-refractivity contribution < 1.29 is 22.7 Å². The molecule has 10 heteroatoms. The molecular formula is C25H22F3N5O2. The molecule has 7 nitrogen and oxygen atoms in total. The van der Waals surface area contributed by atoms with Crippen molar-refractivity contribution in [3.8, 4) is 11.3 Å². The maximum atomic E-state index is 13.1. The lowest BCUT2D eigenvalue weighted by Crippen LogP contribution is -2.36. The van der Waals surface area contributed by atoms with E-state index in [9.17, 15) is 18.0 Å². The summed E-state index contributed by atoms with van der Waals surface area (Å²) >= 11 is 0. The van der Waals surface area contributed by atoms with Crippen molar-refractivity contribution in [1.82, 2.24) is 14.6 Å². The molecule has 1 aliphatic heterocycles. The highest BCUT2D eigenvalue weighted by atomic mass is 19.4. The Bertz CT molecular complexity index is 1390. The first-order valence-electron chi connectivity index (χ1n) is 11.1. The zero-order valence-electron chi connectivity index (χ0n) is 18.8. The number of amides is 1. The number of hydrogen-bond donors (Lipinski definition) is 1. The van der Waals surface area contributed by atoms with Crippen molar-refractivity contribution in [2.75, 3.05) is 36.5 Å². The summed E-state index contributed by atoms with van der Waals surface area (Å²) in [5.74, 6) is -0.499. The Morgan fingerprint density at radius 1 is 1.09 bits per heavy atom. The minimum Gasteiger partial charge on any atom is -0.378 e. The molecule has 0 saturated carbocycles. The van der Waals surface area contributed by atoms with Crippen LogP contribution in [0.2, 0.25) is 0 Å². The lowest BCUT2D eigenvalue weighted by Gasteiger charge is -2.29. The first kappa shape index (κ1) is 22.9. The summed E-state index contributed by atoms with van der Waals surface area (Å²) < 4.78 is 46.3. The number of fused-ring (bicyclic) bond motifs is 1. The van der Waals surface area contributed by atoms with Crippen LogP contribution in [-0.4, -0.2) is 46.8 Å². The van der Waals surface area contributed by atoms with Crippen LogP contribution < -0.4 is 10.2 Å². The molecule has 2 aromatic carbocycles. The summed E-state index contributed by atoms with van der Waals surface area (Å²) in [6, 6.07) is 11.8. The van der Waals surface area contributed by atoms with Crippen molar-refractivity contribution in [1.29, 1.82) is 0 Å². The summed E-state index contributed by atoms with van der Waals surface area (Å²) in [5, 5.41) is 7.27. The van der Waals surface area contributed by atoms with Gasteiger partial charge in [0.1, 0.15) is 0 Å². The number of rotatable bonds is 4. The molecule has 5 rings (SSSR count). The van der Waals surface area contributed by atoms with Crippen LogP contribution in [0.3, 0.4) is 0 Å². The Kier molecular flexibility index (Phi) is 5.89. The fraction of sp³-hybridized carbons (Fsp3) is 0.240. The van der Waals surface area contributed by atoms with Crippen LogP contribution in [0.15, 0.2) is 60.9 Å². The van der Waals surface area contributed by atoms with Crippen molar-refractivity contribution in [2.45, 2.75) is 13.1 Å². The van der Waals surface area contributed by atoms with E-state index < -0.39 is 17.6 Å². The van der Waals surface area contributed by atoms with Crippen LogP contribution in [0.5, 0.6) is 0 Å². The third kappa shape index (κ3) is 4.57. The van der Waals surface area contributed by atoms with E-state index in [-0.39, 0.29) is 5.69 Å². The van der Waals surface area contributed by atoms with Gasteiger partial charge < -0.3 is 15.0 Å². The average Bonchev–Trinajstić information content (AvgIpc) is 3.32. The number of nitrogens with one attached hydrogen (secondary N) is 1. The molecule has 1 aliphatic rings. The second-order valence-corrected chi connectivity index (χ2v) is 8.22. The fourth-order valence-electron chi connectivity index (χ4n) is 4.20. The van der Waals surface area contributed by atoms with E-state index in [0.717, 1.165) is 42.1 Å². The fourth-order valence-corrected chi connectivity index (χ4v) is 4.20. The van der Waals surface area contributed by atoms with E-state index in [1.54, 1.807) is 36.0 Å². The molecule has 0 radical (unpaired) electrons. The average molecular weight is 481 g/mol. The summed E-state index contributed by atoms with van der Waals surface area (Å²) in [5.41, 5.74) is 3.30. The van der Waals surface area contributed by atoms with E-state index in [0.29, 0.717) is 30.0 Å². The van der Waals surface area contributed by atoms with Crippen LogP contribution in [0, 0.1) is 6.92 Å². The molecule has 2 aromatic heterocycles. The molecule has 0 spiro atoms. The Hall–Kier alpha value is -3.92. The molecule has 1 saturated heterocycles. The van der Waals surface area contributed by atoms with E-state index in [1.807, 2.05) is 12.1 Å². The summed E-state index contributed by atoms with van der Waals surface area (Å²) in [6.45, 7) is 4.49. The van der Waals surface area contributed by atoms with Gasteiger partial charge in [-0.05, 0) is 42.8 Å². The topological polar surface area (TPSA) is 71.8 Å². The number of ether oxygens (including phenoxy) is 1. The lowest BCUT2D eigenvalue weighted by atomic mass is 9.99. The van der Waals surface area contributed by atoms with Crippen molar-refractivity contribution in [3.63, 3.8) is 0 Å². The molecule has 0 atom stereocenters. The highest BCUT2D eigenvalue weighted by molar-refractivity contribution is 6.06. The second kappa shape index (κ2) is 9.03. The Morgan fingerprint density at radius 2 is 1.86 bits per heavy atom. The van der Waals surface area contributed by atoms with Gasteiger partial charge in [-0.15, -0.1) is 0 Å². The number of alkyl halides is 3. The molecule has 0 aliphatic carbocycles. The molecule has 1 N–H and O–H groups in total. The van der Waals surface area contributed by atoms with Crippen molar-refractivity contribution >= 4 is 22.9 Å².